The third kappa shape index (κ3) is 2.96. The van der Waals surface area contributed by atoms with Crippen LogP contribution in [0.25, 0.3) is 0 Å². The molecule has 0 saturated heterocycles. The molecule has 1 aromatic heterocycles. The third-order valence-corrected chi connectivity index (χ3v) is 2.33. The van der Waals surface area contributed by atoms with E-state index < -0.39 is 0 Å². The average Bonchev–Trinajstić information content (AvgIpc) is 2.20. The van der Waals surface area contributed by atoms with Crippen molar-refractivity contribution in [2.24, 2.45) is 11.7 Å². The van der Waals surface area contributed by atoms with Gasteiger partial charge in [-0.1, -0.05) is 6.92 Å². The minimum absolute atomic E-state index is 0.234. The Hall–Kier alpha value is -1.16. The fourth-order valence-electron chi connectivity index (χ4n) is 1.04. The zero-order valence-electron chi connectivity index (χ0n) is 8.50. The van der Waals surface area contributed by atoms with E-state index in [9.17, 15) is 4.39 Å². The van der Waals surface area contributed by atoms with Gasteiger partial charge in [-0.25, -0.2) is 9.37 Å². The van der Waals surface area contributed by atoms with Crippen LogP contribution in [0.15, 0.2) is 18.3 Å². The predicted octanol–water partition coefficient (Wildman–Crippen LogP) is 1.62. The van der Waals surface area contributed by atoms with Gasteiger partial charge in [0.25, 0.3) is 0 Å². The summed E-state index contributed by atoms with van der Waals surface area (Å²) < 4.78 is 12.5. The molecule has 0 aromatic carbocycles. The molecular weight excluding hydrogens is 181 g/mol. The monoisotopic (exact) mass is 197 g/mol. The summed E-state index contributed by atoms with van der Waals surface area (Å²) in [6, 6.07) is 3.24. The van der Waals surface area contributed by atoms with E-state index in [1.165, 1.54) is 12.3 Å². The van der Waals surface area contributed by atoms with E-state index in [0.717, 1.165) is 0 Å². The number of nitrogens with one attached hydrogen (secondary N) is 1. The minimum Gasteiger partial charge on any atom is -0.367 e. The molecule has 0 saturated carbocycles. The molecule has 0 aliphatic heterocycles. The SMILES string of the molecule is CC(CN)C(C)Nc1ccc(F)cn1. The van der Waals surface area contributed by atoms with E-state index >= 15 is 0 Å². The van der Waals surface area contributed by atoms with Crippen LogP contribution in [-0.4, -0.2) is 17.6 Å². The summed E-state index contributed by atoms with van der Waals surface area (Å²) >= 11 is 0. The van der Waals surface area contributed by atoms with Crippen molar-refractivity contribution in [3.63, 3.8) is 0 Å². The van der Waals surface area contributed by atoms with E-state index in [-0.39, 0.29) is 11.9 Å². The van der Waals surface area contributed by atoms with E-state index in [1.54, 1.807) is 6.07 Å². The second-order valence-corrected chi connectivity index (χ2v) is 3.51. The molecule has 4 heteroatoms. The maximum Gasteiger partial charge on any atom is 0.141 e. The fourth-order valence-corrected chi connectivity index (χ4v) is 1.04. The minimum atomic E-state index is -0.324. The summed E-state index contributed by atoms with van der Waals surface area (Å²) in [5, 5.41) is 3.16. The molecule has 1 rings (SSSR count). The maximum absolute atomic E-state index is 12.5. The van der Waals surface area contributed by atoms with Crippen LogP contribution in [0.2, 0.25) is 0 Å². The van der Waals surface area contributed by atoms with Gasteiger partial charge in [-0.05, 0) is 31.5 Å². The van der Waals surface area contributed by atoms with Crippen molar-refractivity contribution in [1.29, 1.82) is 0 Å². The molecule has 3 N–H and O–H groups in total. The van der Waals surface area contributed by atoms with Crippen molar-refractivity contribution in [1.82, 2.24) is 4.98 Å². The first-order valence-corrected chi connectivity index (χ1v) is 4.71. The number of hydrogen-bond donors (Lipinski definition) is 2. The van der Waals surface area contributed by atoms with Crippen LogP contribution in [0.3, 0.4) is 0 Å². The van der Waals surface area contributed by atoms with Gasteiger partial charge in [0, 0.05) is 6.04 Å². The van der Waals surface area contributed by atoms with Crippen LogP contribution in [0.1, 0.15) is 13.8 Å². The second kappa shape index (κ2) is 4.91. The standard InChI is InChI=1S/C10H16FN3/c1-7(5-12)8(2)14-10-4-3-9(11)6-13-10/h3-4,6-8H,5,12H2,1-2H3,(H,13,14). The zero-order valence-corrected chi connectivity index (χ0v) is 8.50. The summed E-state index contributed by atoms with van der Waals surface area (Å²) in [5.74, 6) is 0.719. The van der Waals surface area contributed by atoms with E-state index in [0.29, 0.717) is 18.3 Å². The number of halogens is 1. The first-order valence-electron chi connectivity index (χ1n) is 4.71. The number of hydrogen-bond acceptors (Lipinski definition) is 3. The summed E-state index contributed by atoms with van der Waals surface area (Å²) in [6.07, 6.45) is 1.20. The molecule has 1 heterocycles. The van der Waals surface area contributed by atoms with Gasteiger partial charge in [0.2, 0.25) is 0 Å². The van der Waals surface area contributed by atoms with E-state index in [2.05, 4.69) is 17.2 Å². The van der Waals surface area contributed by atoms with Crippen molar-refractivity contribution >= 4 is 5.82 Å². The molecule has 0 bridgehead atoms. The van der Waals surface area contributed by atoms with Crippen LogP contribution in [0.5, 0.6) is 0 Å². The highest BCUT2D eigenvalue weighted by atomic mass is 19.1. The van der Waals surface area contributed by atoms with E-state index in [4.69, 9.17) is 5.73 Å². The zero-order chi connectivity index (χ0) is 10.6. The molecule has 0 spiro atoms. The lowest BCUT2D eigenvalue weighted by atomic mass is 10.0. The van der Waals surface area contributed by atoms with Crippen molar-refractivity contribution < 1.29 is 4.39 Å². The van der Waals surface area contributed by atoms with Crippen molar-refractivity contribution in [3.8, 4) is 0 Å². The quantitative estimate of drug-likeness (QED) is 0.771. The molecule has 0 radical (unpaired) electrons. The Morgan fingerprint density at radius 2 is 2.21 bits per heavy atom. The molecule has 3 nitrogen and oxygen atoms in total. The van der Waals surface area contributed by atoms with Crippen molar-refractivity contribution in [2.45, 2.75) is 19.9 Å². The number of pyridine rings is 1. The molecule has 0 aliphatic rings. The van der Waals surface area contributed by atoms with E-state index in [1.807, 2.05) is 6.92 Å². The Labute approximate surface area is 83.5 Å². The largest absolute Gasteiger partial charge is 0.367 e. The van der Waals surface area contributed by atoms with Gasteiger partial charge >= 0.3 is 0 Å². The predicted molar refractivity (Wildman–Crippen MR) is 55.5 cm³/mol. The Morgan fingerprint density at radius 3 is 2.71 bits per heavy atom. The first-order chi connectivity index (χ1) is 6.63. The molecule has 0 fully saturated rings. The highest BCUT2D eigenvalue weighted by molar-refractivity contribution is 5.34. The summed E-state index contributed by atoms with van der Waals surface area (Å²) in [5.41, 5.74) is 5.53. The molecule has 2 unspecified atom stereocenters. The molecule has 0 amide bonds. The van der Waals surface area contributed by atoms with Crippen molar-refractivity contribution in [3.05, 3.63) is 24.1 Å². The maximum atomic E-state index is 12.5. The summed E-state index contributed by atoms with van der Waals surface area (Å²) in [6.45, 7) is 4.71. The molecule has 14 heavy (non-hydrogen) atoms. The lowest BCUT2D eigenvalue weighted by Gasteiger charge is -2.20. The topological polar surface area (TPSA) is 50.9 Å². The lowest BCUT2D eigenvalue weighted by molar-refractivity contribution is 0.519. The van der Waals surface area contributed by atoms with Gasteiger partial charge in [-0.2, -0.15) is 0 Å². The van der Waals surface area contributed by atoms with Crippen LogP contribution >= 0.6 is 0 Å². The first kappa shape index (κ1) is 10.9. The normalized spacial score (nSPS) is 14.9. The number of rotatable bonds is 4. The van der Waals surface area contributed by atoms with Gasteiger partial charge in [0.05, 0.1) is 6.20 Å². The summed E-state index contributed by atoms with van der Waals surface area (Å²) in [4.78, 5) is 3.91. The van der Waals surface area contributed by atoms with Crippen molar-refractivity contribution in [2.75, 3.05) is 11.9 Å². The van der Waals surface area contributed by atoms with Crippen LogP contribution in [0, 0.1) is 11.7 Å². The Bertz CT molecular complexity index is 273. The Morgan fingerprint density at radius 1 is 1.50 bits per heavy atom. The van der Waals surface area contributed by atoms with Gasteiger partial charge in [-0.3, -0.25) is 0 Å². The number of aromatic nitrogens is 1. The average molecular weight is 197 g/mol. The van der Waals surface area contributed by atoms with Gasteiger partial charge in [0.15, 0.2) is 0 Å². The fraction of sp³-hybridized carbons (Fsp3) is 0.500. The Kier molecular flexibility index (Phi) is 3.83. The lowest BCUT2D eigenvalue weighted by Crippen LogP contribution is -2.29. The van der Waals surface area contributed by atoms with Gasteiger partial charge in [-0.15, -0.1) is 0 Å². The number of anilines is 1. The molecule has 78 valence electrons. The number of nitrogens with zero attached hydrogens (tertiary/aromatic N) is 1. The van der Waals surface area contributed by atoms with Gasteiger partial charge < -0.3 is 11.1 Å². The number of nitrogens with two attached hydrogens (primary N) is 1. The van der Waals surface area contributed by atoms with Gasteiger partial charge in [0.1, 0.15) is 11.6 Å². The van der Waals surface area contributed by atoms with Crippen LogP contribution in [-0.2, 0) is 0 Å². The van der Waals surface area contributed by atoms with Crippen LogP contribution < -0.4 is 11.1 Å². The Balaban J connectivity index is 2.56. The second-order valence-electron chi connectivity index (χ2n) is 3.51. The smallest absolute Gasteiger partial charge is 0.141 e. The summed E-state index contributed by atoms with van der Waals surface area (Å²) in [7, 11) is 0. The molecular formula is C10H16FN3. The molecule has 0 aliphatic carbocycles. The third-order valence-electron chi connectivity index (χ3n) is 2.33. The molecule has 1 aromatic rings. The van der Waals surface area contributed by atoms with Crippen LogP contribution in [0.4, 0.5) is 10.2 Å². The molecule has 2 atom stereocenters. The highest BCUT2D eigenvalue weighted by Gasteiger charge is 2.10. The highest BCUT2D eigenvalue weighted by Crippen LogP contribution is 2.09.